The van der Waals surface area contributed by atoms with E-state index in [0.717, 1.165) is 18.4 Å². The van der Waals surface area contributed by atoms with Crippen LogP contribution in [0.25, 0.3) is 6.08 Å². The Morgan fingerprint density at radius 3 is 2.78 bits per heavy atom. The smallest absolute Gasteiger partial charge is 0.217 e. The van der Waals surface area contributed by atoms with Gasteiger partial charge in [-0.3, -0.25) is 0 Å². The van der Waals surface area contributed by atoms with Crippen LogP contribution in [-0.4, -0.2) is 13.5 Å². The molecule has 0 amide bonds. The van der Waals surface area contributed by atoms with Gasteiger partial charge in [-0.1, -0.05) is 19.4 Å². The van der Waals surface area contributed by atoms with E-state index in [1.807, 2.05) is 0 Å². The number of sulfone groups is 1. The van der Waals surface area contributed by atoms with Crippen molar-refractivity contribution in [3.05, 3.63) is 51.1 Å². The number of benzene rings is 1. The van der Waals surface area contributed by atoms with E-state index in [2.05, 4.69) is 6.92 Å². The summed E-state index contributed by atoms with van der Waals surface area (Å²) in [5, 5.41) is 22.3. The first-order valence-corrected chi connectivity index (χ1v) is 9.62. The number of aryl methyl sites for hydroxylation is 1. The van der Waals surface area contributed by atoms with Gasteiger partial charge in [0.1, 0.15) is 16.7 Å². The minimum Gasteiger partial charge on any atom is -0.508 e. The van der Waals surface area contributed by atoms with Crippen LogP contribution in [0.5, 0.6) is 5.75 Å². The summed E-state index contributed by atoms with van der Waals surface area (Å²) in [5.41, 5.74) is 1.34. The van der Waals surface area contributed by atoms with Crippen LogP contribution < -0.4 is 0 Å². The molecule has 1 aromatic carbocycles. The van der Waals surface area contributed by atoms with Gasteiger partial charge in [0.15, 0.2) is 0 Å². The third kappa shape index (κ3) is 4.01. The first-order chi connectivity index (χ1) is 11.0. The Morgan fingerprint density at radius 2 is 2.17 bits per heavy atom. The van der Waals surface area contributed by atoms with Gasteiger partial charge in [-0.05, 0) is 53.6 Å². The molecular formula is C17H17NO3S2. The Balaban J connectivity index is 2.41. The highest BCUT2D eigenvalue weighted by atomic mass is 32.2. The summed E-state index contributed by atoms with van der Waals surface area (Å²) >= 11 is 1.27. The van der Waals surface area contributed by atoms with Crippen molar-refractivity contribution in [1.29, 1.82) is 5.26 Å². The SMILES string of the molecule is CCCCc1cc(C=C(C#N)S(=O)(=O)c2ccsc2)ccc1O. The highest BCUT2D eigenvalue weighted by Crippen LogP contribution is 2.26. The van der Waals surface area contributed by atoms with Gasteiger partial charge in [0, 0.05) is 5.38 Å². The van der Waals surface area contributed by atoms with E-state index < -0.39 is 9.84 Å². The number of hydrogen-bond donors (Lipinski definition) is 1. The summed E-state index contributed by atoms with van der Waals surface area (Å²) in [6, 6.07) is 8.11. The monoisotopic (exact) mass is 347 g/mol. The zero-order valence-corrected chi connectivity index (χ0v) is 14.3. The molecule has 2 aromatic rings. The molecule has 1 heterocycles. The molecule has 0 spiro atoms. The summed E-state index contributed by atoms with van der Waals surface area (Å²) in [6.45, 7) is 2.06. The molecule has 2 rings (SSSR count). The summed E-state index contributed by atoms with van der Waals surface area (Å²) in [6.07, 6.45) is 3.99. The number of hydrogen-bond acceptors (Lipinski definition) is 5. The number of nitriles is 1. The molecule has 0 atom stereocenters. The molecule has 4 nitrogen and oxygen atoms in total. The zero-order chi connectivity index (χ0) is 16.9. The van der Waals surface area contributed by atoms with Crippen molar-refractivity contribution in [2.24, 2.45) is 0 Å². The number of phenols is 1. The number of nitrogens with zero attached hydrogens (tertiary/aromatic N) is 1. The van der Waals surface area contributed by atoms with E-state index in [1.54, 1.807) is 23.6 Å². The Morgan fingerprint density at radius 1 is 1.39 bits per heavy atom. The van der Waals surface area contributed by atoms with Crippen LogP contribution in [0.2, 0.25) is 0 Å². The van der Waals surface area contributed by atoms with Gasteiger partial charge in [-0.25, -0.2) is 8.42 Å². The average Bonchev–Trinajstić information content (AvgIpc) is 3.07. The molecule has 6 heteroatoms. The second kappa shape index (κ2) is 7.44. The molecule has 1 N–H and O–H groups in total. The number of unbranched alkanes of at least 4 members (excludes halogenated alkanes) is 1. The van der Waals surface area contributed by atoms with Crippen LogP contribution >= 0.6 is 11.3 Å². The predicted molar refractivity (Wildman–Crippen MR) is 91.8 cm³/mol. The van der Waals surface area contributed by atoms with Crippen molar-refractivity contribution in [1.82, 2.24) is 0 Å². The van der Waals surface area contributed by atoms with Gasteiger partial charge in [0.2, 0.25) is 9.84 Å². The van der Waals surface area contributed by atoms with Crippen LogP contribution in [0.1, 0.15) is 30.9 Å². The fourth-order valence-corrected chi connectivity index (χ4v) is 4.30. The molecule has 0 aliphatic rings. The van der Waals surface area contributed by atoms with Crippen LogP contribution in [-0.2, 0) is 16.3 Å². The third-order valence-electron chi connectivity index (χ3n) is 3.41. The molecule has 1 aromatic heterocycles. The van der Waals surface area contributed by atoms with E-state index in [-0.39, 0.29) is 15.6 Å². The summed E-state index contributed by atoms with van der Waals surface area (Å²) in [5.74, 6) is 0.190. The molecule has 0 fully saturated rings. The van der Waals surface area contributed by atoms with Gasteiger partial charge < -0.3 is 5.11 Å². The second-order valence-electron chi connectivity index (χ2n) is 5.07. The molecule has 0 saturated heterocycles. The van der Waals surface area contributed by atoms with E-state index in [4.69, 9.17) is 0 Å². The van der Waals surface area contributed by atoms with Crippen molar-refractivity contribution in [2.45, 2.75) is 31.1 Å². The van der Waals surface area contributed by atoms with E-state index in [0.29, 0.717) is 12.0 Å². The lowest BCUT2D eigenvalue weighted by Crippen LogP contribution is -2.02. The highest BCUT2D eigenvalue weighted by molar-refractivity contribution is 7.95. The quantitative estimate of drug-likeness (QED) is 0.797. The molecule has 120 valence electrons. The predicted octanol–water partition coefficient (Wildman–Crippen LogP) is 4.13. The van der Waals surface area contributed by atoms with Gasteiger partial charge in [0.05, 0.1) is 4.90 Å². The van der Waals surface area contributed by atoms with Crippen LogP contribution in [0.4, 0.5) is 0 Å². The fraction of sp³-hybridized carbons (Fsp3) is 0.235. The normalized spacial score (nSPS) is 12.1. The fourth-order valence-electron chi connectivity index (χ4n) is 2.12. The standard InChI is InChI=1S/C17H17NO3S2/c1-2-3-4-14-9-13(5-6-17(14)19)10-16(11-18)23(20,21)15-7-8-22-12-15/h5-10,12,19H,2-4H2,1H3. The van der Waals surface area contributed by atoms with Gasteiger partial charge in [0.25, 0.3) is 0 Å². The second-order valence-corrected chi connectivity index (χ2v) is 7.77. The van der Waals surface area contributed by atoms with E-state index in [9.17, 15) is 18.8 Å². The number of rotatable bonds is 6. The number of thiophene rings is 1. The van der Waals surface area contributed by atoms with Crippen molar-refractivity contribution >= 4 is 27.3 Å². The average molecular weight is 347 g/mol. The lowest BCUT2D eigenvalue weighted by molar-refractivity contribution is 0.467. The molecule has 23 heavy (non-hydrogen) atoms. The van der Waals surface area contributed by atoms with Crippen molar-refractivity contribution in [3.63, 3.8) is 0 Å². The largest absolute Gasteiger partial charge is 0.508 e. The van der Waals surface area contributed by atoms with Crippen LogP contribution in [0, 0.1) is 11.3 Å². The van der Waals surface area contributed by atoms with Gasteiger partial charge in [-0.15, -0.1) is 0 Å². The Hall–Kier alpha value is -2.10. The van der Waals surface area contributed by atoms with Crippen molar-refractivity contribution in [2.75, 3.05) is 0 Å². The molecule has 0 aliphatic heterocycles. The maximum Gasteiger partial charge on any atom is 0.217 e. The van der Waals surface area contributed by atoms with Crippen LogP contribution in [0.15, 0.2) is 44.8 Å². The Labute approximate surface area is 140 Å². The minimum absolute atomic E-state index is 0.125. The molecule has 0 bridgehead atoms. The lowest BCUT2D eigenvalue weighted by Gasteiger charge is -2.06. The summed E-state index contributed by atoms with van der Waals surface area (Å²) < 4.78 is 24.8. The minimum atomic E-state index is -3.80. The number of aromatic hydroxyl groups is 1. The topological polar surface area (TPSA) is 78.2 Å². The Bertz CT molecular complexity index is 844. The number of phenolic OH excluding ortho intramolecular Hbond substituents is 1. The van der Waals surface area contributed by atoms with Crippen molar-refractivity contribution < 1.29 is 13.5 Å². The van der Waals surface area contributed by atoms with E-state index in [1.165, 1.54) is 34.9 Å². The zero-order valence-electron chi connectivity index (χ0n) is 12.7. The molecular weight excluding hydrogens is 330 g/mol. The highest BCUT2D eigenvalue weighted by Gasteiger charge is 2.21. The maximum absolute atomic E-state index is 12.4. The van der Waals surface area contributed by atoms with Gasteiger partial charge >= 0.3 is 0 Å². The lowest BCUT2D eigenvalue weighted by atomic mass is 10.0. The maximum atomic E-state index is 12.4. The number of allylic oxidation sites excluding steroid dienone is 1. The van der Waals surface area contributed by atoms with Gasteiger partial charge in [-0.2, -0.15) is 16.6 Å². The van der Waals surface area contributed by atoms with Crippen molar-refractivity contribution in [3.8, 4) is 11.8 Å². The molecule has 0 radical (unpaired) electrons. The Kier molecular flexibility index (Phi) is 5.59. The van der Waals surface area contributed by atoms with Crippen LogP contribution in [0.3, 0.4) is 0 Å². The molecule has 0 unspecified atom stereocenters. The van der Waals surface area contributed by atoms with E-state index >= 15 is 0 Å². The first kappa shape index (κ1) is 17.3. The first-order valence-electron chi connectivity index (χ1n) is 7.20. The summed E-state index contributed by atoms with van der Waals surface area (Å²) in [4.78, 5) is -0.177. The third-order valence-corrected chi connectivity index (χ3v) is 5.90. The summed E-state index contributed by atoms with van der Waals surface area (Å²) in [7, 11) is -3.80. The molecule has 0 saturated carbocycles. The molecule has 0 aliphatic carbocycles.